The van der Waals surface area contributed by atoms with Crippen molar-refractivity contribution in [3.05, 3.63) is 23.8 Å². The van der Waals surface area contributed by atoms with Crippen molar-refractivity contribution in [2.24, 2.45) is 5.92 Å². The van der Waals surface area contributed by atoms with Crippen LogP contribution in [0.3, 0.4) is 0 Å². The van der Waals surface area contributed by atoms with Crippen LogP contribution in [0, 0.1) is 12.8 Å². The third-order valence-corrected chi connectivity index (χ3v) is 4.29. The first-order valence-electron chi connectivity index (χ1n) is 5.50. The Balaban J connectivity index is 2.80. The highest BCUT2D eigenvalue weighted by Crippen LogP contribution is 2.32. The standard InChI is InChI=1S/C13H20O2S/c1-9(2)13(8-14)16-12-6-5-11(15-4)7-10(12)3/h5-7,9,13-14H,8H2,1-4H3. The van der Waals surface area contributed by atoms with Crippen molar-refractivity contribution in [2.45, 2.75) is 30.9 Å². The van der Waals surface area contributed by atoms with Gasteiger partial charge in [-0.05, 0) is 36.6 Å². The number of aliphatic hydroxyl groups is 1. The molecule has 0 saturated carbocycles. The number of methoxy groups -OCH3 is 1. The van der Waals surface area contributed by atoms with Crippen molar-refractivity contribution in [3.63, 3.8) is 0 Å². The van der Waals surface area contributed by atoms with E-state index in [4.69, 9.17) is 4.74 Å². The van der Waals surface area contributed by atoms with Gasteiger partial charge < -0.3 is 9.84 Å². The Labute approximate surface area is 102 Å². The van der Waals surface area contributed by atoms with Crippen LogP contribution >= 0.6 is 11.8 Å². The Morgan fingerprint density at radius 3 is 2.50 bits per heavy atom. The Morgan fingerprint density at radius 2 is 2.06 bits per heavy atom. The van der Waals surface area contributed by atoms with E-state index in [0.717, 1.165) is 5.75 Å². The lowest BCUT2D eigenvalue weighted by Gasteiger charge is -2.19. The lowest BCUT2D eigenvalue weighted by Crippen LogP contribution is -2.15. The molecule has 0 fully saturated rings. The van der Waals surface area contributed by atoms with Gasteiger partial charge in [0.15, 0.2) is 0 Å². The molecule has 0 aliphatic rings. The molecule has 1 unspecified atom stereocenters. The smallest absolute Gasteiger partial charge is 0.119 e. The molecule has 0 aliphatic carbocycles. The van der Waals surface area contributed by atoms with E-state index < -0.39 is 0 Å². The van der Waals surface area contributed by atoms with Crippen LogP contribution in [0.25, 0.3) is 0 Å². The molecule has 0 aliphatic heterocycles. The summed E-state index contributed by atoms with van der Waals surface area (Å²) in [6.45, 7) is 6.55. The van der Waals surface area contributed by atoms with Crippen molar-refractivity contribution in [1.29, 1.82) is 0 Å². The summed E-state index contributed by atoms with van der Waals surface area (Å²) in [5.74, 6) is 1.35. The summed E-state index contributed by atoms with van der Waals surface area (Å²) in [4.78, 5) is 1.22. The van der Waals surface area contributed by atoms with Crippen LogP contribution in [0.5, 0.6) is 5.75 Å². The van der Waals surface area contributed by atoms with Gasteiger partial charge in [0.1, 0.15) is 5.75 Å². The van der Waals surface area contributed by atoms with E-state index in [9.17, 15) is 5.11 Å². The molecule has 0 bridgehead atoms. The maximum atomic E-state index is 9.30. The SMILES string of the molecule is COc1ccc(SC(CO)C(C)C)c(C)c1. The average molecular weight is 240 g/mol. The molecule has 1 rings (SSSR count). The van der Waals surface area contributed by atoms with Gasteiger partial charge in [-0.25, -0.2) is 0 Å². The second-order valence-electron chi connectivity index (χ2n) is 4.21. The van der Waals surface area contributed by atoms with Gasteiger partial charge in [0, 0.05) is 10.1 Å². The summed E-state index contributed by atoms with van der Waals surface area (Å²) >= 11 is 1.74. The molecule has 0 radical (unpaired) electrons. The summed E-state index contributed by atoms with van der Waals surface area (Å²) in [6, 6.07) is 6.05. The molecule has 0 heterocycles. The molecule has 3 heteroatoms. The van der Waals surface area contributed by atoms with Crippen molar-refractivity contribution in [1.82, 2.24) is 0 Å². The van der Waals surface area contributed by atoms with E-state index in [1.807, 2.05) is 12.1 Å². The molecule has 1 aromatic rings. The third kappa shape index (κ3) is 3.42. The Morgan fingerprint density at radius 1 is 1.38 bits per heavy atom. The van der Waals surface area contributed by atoms with E-state index in [1.54, 1.807) is 18.9 Å². The van der Waals surface area contributed by atoms with Crippen molar-refractivity contribution in [2.75, 3.05) is 13.7 Å². The lowest BCUT2D eigenvalue weighted by molar-refractivity contribution is 0.275. The first-order valence-corrected chi connectivity index (χ1v) is 6.38. The molecule has 1 atom stereocenters. The summed E-state index contributed by atoms with van der Waals surface area (Å²) in [5, 5.41) is 9.56. The molecule has 1 aromatic carbocycles. The Kier molecular flexibility index (Phi) is 5.16. The molecule has 0 aromatic heterocycles. The van der Waals surface area contributed by atoms with Crippen LogP contribution in [-0.2, 0) is 0 Å². The second-order valence-corrected chi connectivity index (χ2v) is 5.50. The number of aryl methyl sites for hydroxylation is 1. The zero-order chi connectivity index (χ0) is 12.1. The maximum Gasteiger partial charge on any atom is 0.119 e. The number of thioether (sulfide) groups is 1. The summed E-state index contributed by atoms with van der Waals surface area (Å²) in [7, 11) is 1.67. The quantitative estimate of drug-likeness (QED) is 0.802. The Bertz CT molecular complexity index is 337. The molecular formula is C13H20O2S. The van der Waals surface area contributed by atoms with Gasteiger partial charge in [0.2, 0.25) is 0 Å². The first-order chi connectivity index (χ1) is 7.58. The van der Waals surface area contributed by atoms with Gasteiger partial charge >= 0.3 is 0 Å². The predicted molar refractivity (Wildman–Crippen MR) is 69.3 cm³/mol. The highest BCUT2D eigenvalue weighted by molar-refractivity contribution is 8.00. The van der Waals surface area contributed by atoms with Crippen LogP contribution in [0.15, 0.2) is 23.1 Å². The number of benzene rings is 1. The van der Waals surface area contributed by atoms with Gasteiger partial charge in [0.05, 0.1) is 13.7 Å². The fraction of sp³-hybridized carbons (Fsp3) is 0.538. The summed E-state index contributed by atoms with van der Waals surface area (Å²) in [5.41, 5.74) is 1.20. The molecule has 0 amide bonds. The van der Waals surface area contributed by atoms with Crippen LogP contribution in [0.4, 0.5) is 0 Å². The zero-order valence-corrected chi connectivity index (χ0v) is 11.2. The average Bonchev–Trinajstić information content (AvgIpc) is 2.26. The fourth-order valence-electron chi connectivity index (χ4n) is 1.43. The normalized spacial score (nSPS) is 12.9. The fourth-order valence-corrected chi connectivity index (χ4v) is 2.49. The third-order valence-electron chi connectivity index (χ3n) is 2.58. The number of rotatable bonds is 5. The minimum Gasteiger partial charge on any atom is -0.497 e. The highest BCUT2D eigenvalue weighted by Gasteiger charge is 2.14. The van der Waals surface area contributed by atoms with E-state index in [-0.39, 0.29) is 11.9 Å². The minimum atomic E-state index is 0.216. The number of ether oxygens (including phenoxy) is 1. The van der Waals surface area contributed by atoms with Gasteiger partial charge in [-0.2, -0.15) is 0 Å². The molecule has 1 N–H and O–H groups in total. The van der Waals surface area contributed by atoms with Crippen LogP contribution < -0.4 is 4.74 Å². The highest BCUT2D eigenvalue weighted by atomic mass is 32.2. The minimum absolute atomic E-state index is 0.216. The van der Waals surface area contributed by atoms with E-state index in [1.165, 1.54) is 10.5 Å². The second kappa shape index (κ2) is 6.16. The molecule has 2 nitrogen and oxygen atoms in total. The van der Waals surface area contributed by atoms with Crippen molar-refractivity contribution >= 4 is 11.8 Å². The first kappa shape index (κ1) is 13.4. The van der Waals surface area contributed by atoms with Crippen molar-refractivity contribution < 1.29 is 9.84 Å². The van der Waals surface area contributed by atoms with E-state index in [0.29, 0.717) is 5.92 Å². The predicted octanol–water partition coefficient (Wildman–Crippen LogP) is 3.11. The van der Waals surface area contributed by atoms with Crippen molar-refractivity contribution in [3.8, 4) is 5.75 Å². The van der Waals surface area contributed by atoms with Crippen LogP contribution in [0.1, 0.15) is 19.4 Å². The van der Waals surface area contributed by atoms with Gasteiger partial charge in [-0.3, -0.25) is 0 Å². The summed E-state index contributed by atoms with van der Waals surface area (Å²) in [6.07, 6.45) is 0. The monoisotopic (exact) mass is 240 g/mol. The van der Waals surface area contributed by atoms with E-state index in [2.05, 4.69) is 26.8 Å². The van der Waals surface area contributed by atoms with Crippen LogP contribution in [0.2, 0.25) is 0 Å². The number of hydrogen-bond donors (Lipinski definition) is 1. The maximum absolute atomic E-state index is 9.30. The molecule has 90 valence electrons. The van der Waals surface area contributed by atoms with E-state index >= 15 is 0 Å². The Hall–Kier alpha value is -0.670. The van der Waals surface area contributed by atoms with Gasteiger partial charge in [-0.1, -0.05) is 13.8 Å². The lowest BCUT2D eigenvalue weighted by atomic mass is 10.1. The van der Waals surface area contributed by atoms with Crippen LogP contribution in [-0.4, -0.2) is 24.1 Å². The topological polar surface area (TPSA) is 29.5 Å². The number of aliphatic hydroxyl groups excluding tert-OH is 1. The zero-order valence-electron chi connectivity index (χ0n) is 10.4. The molecule has 16 heavy (non-hydrogen) atoms. The molecule has 0 spiro atoms. The number of hydrogen-bond acceptors (Lipinski definition) is 3. The van der Waals surface area contributed by atoms with Gasteiger partial charge in [0.25, 0.3) is 0 Å². The largest absolute Gasteiger partial charge is 0.497 e. The molecular weight excluding hydrogens is 220 g/mol. The summed E-state index contributed by atoms with van der Waals surface area (Å²) < 4.78 is 5.17. The van der Waals surface area contributed by atoms with Gasteiger partial charge in [-0.15, -0.1) is 11.8 Å². The molecule has 0 saturated heterocycles.